The molecule has 1 heterocycles. The number of halogens is 2. The monoisotopic (exact) mass is 584 g/mol. The number of carbonyl (C=O) groups is 1. The van der Waals surface area contributed by atoms with Gasteiger partial charge in [0.15, 0.2) is 17.1 Å². The average Bonchev–Trinajstić information content (AvgIpc) is 3.30. The summed E-state index contributed by atoms with van der Waals surface area (Å²) in [6, 6.07) is 23.0. The SMILES string of the molecule is CC(C)c1cc(Br)ccc1NC(=O)CSc1nnc(C(C)Oc2ccccc2Cl)n1-c1ccccc1. The number of ether oxygens (including phenoxy) is 1. The molecular weight excluding hydrogens is 560 g/mol. The van der Waals surface area contributed by atoms with Crippen molar-refractivity contribution in [1.29, 1.82) is 0 Å². The second-order valence-corrected chi connectivity index (χ2v) is 10.7. The molecule has 0 aliphatic carbocycles. The summed E-state index contributed by atoms with van der Waals surface area (Å²) >= 11 is 11.1. The summed E-state index contributed by atoms with van der Waals surface area (Å²) < 4.78 is 9.01. The number of carbonyl (C=O) groups excluding carboxylic acids is 1. The molecule has 0 aliphatic heterocycles. The first kappa shape index (κ1) is 26.3. The number of nitrogens with one attached hydrogen (secondary N) is 1. The Morgan fingerprint density at radius 2 is 1.78 bits per heavy atom. The largest absolute Gasteiger partial charge is 0.481 e. The third kappa shape index (κ3) is 6.30. The van der Waals surface area contributed by atoms with Crippen LogP contribution < -0.4 is 10.1 Å². The third-order valence-corrected chi connectivity index (χ3v) is 7.15. The Balaban J connectivity index is 1.55. The van der Waals surface area contributed by atoms with Gasteiger partial charge in [0.25, 0.3) is 0 Å². The van der Waals surface area contributed by atoms with E-state index in [9.17, 15) is 4.79 Å². The second-order valence-electron chi connectivity index (χ2n) is 8.43. The van der Waals surface area contributed by atoms with Crippen molar-refractivity contribution in [1.82, 2.24) is 14.8 Å². The molecule has 0 bridgehead atoms. The van der Waals surface area contributed by atoms with Crippen molar-refractivity contribution in [2.24, 2.45) is 0 Å². The summed E-state index contributed by atoms with van der Waals surface area (Å²) in [5.41, 5.74) is 2.76. The third-order valence-electron chi connectivity index (χ3n) is 5.42. The number of anilines is 1. The van der Waals surface area contributed by atoms with Gasteiger partial charge in [-0.05, 0) is 60.9 Å². The van der Waals surface area contributed by atoms with Gasteiger partial charge in [-0.1, -0.05) is 83.5 Å². The molecule has 0 fully saturated rings. The molecule has 6 nitrogen and oxygen atoms in total. The lowest BCUT2D eigenvalue weighted by Crippen LogP contribution is -2.16. The minimum absolute atomic E-state index is 0.117. The van der Waals surface area contributed by atoms with Crippen LogP contribution in [-0.2, 0) is 4.79 Å². The van der Waals surface area contributed by atoms with E-state index in [2.05, 4.69) is 45.3 Å². The van der Waals surface area contributed by atoms with E-state index in [1.807, 2.05) is 78.2 Å². The Bertz CT molecular complexity index is 1350. The highest BCUT2D eigenvalue weighted by atomic mass is 79.9. The number of amides is 1. The van der Waals surface area contributed by atoms with Crippen molar-refractivity contribution < 1.29 is 9.53 Å². The smallest absolute Gasteiger partial charge is 0.234 e. The highest BCUT2D eigenvalue weighted by molar-refractivity contribution is 9.10. The Kier molecular flexibility index (Phi) is 8.72. The molecule has 4 rings (SSSR count). The van der Waals surface area contributed by atoms with Crippen LogP contribution in [0, 0.1) is 0 Å². The predicted octanol–water partition coefficient (Wildman–Crippen LogP) is 7.68. The molecule has 9 heteroatoms. The number of thioether (sulfide) groups is 1. The Morgan fingerprint density at radius 1 is 1.06 bits per heavy atom. The van der Waals surface area contributed by atoms with E-state index in [-0.39, 0.29) is 17.6 Å². The van der Waals surface area contributed by atoms with Crippen LogP contribution >= 0.6 is 39.3 Å². The van der Waals surface area contributed by atoms with E-state index in [1.54, 1.807) is 6.07 Å². The average molecular weight is 586 g/mol. The van der Waals surface area contributed by atoms with E-state index in [0.717, 1.165) is 21.4 Å². The van der Waals surface area contributed by atoms with Gasteiger partial charge in [-0.15, -0.1) is 10.2 Å². The molecule has 0 saturated heterocycles. The molecule has 0 aliphatic rings. The topological polar surface area (TPSA) is 69.0 Å². The van der Waals surface area contributed by atoms with E-state index in [4.69, 9.17) is 16.3 Å². The predicted molar refractivity (Wildman–Crippen MR) is 149 cm³/mol. The molecule has 1 atom stereocenters. The van der Waals surface area contributed by atoms with Crippen molar-refractivity contribution in [3.05, 3.63) is 93.7 Å². The molecule has 0 radical (unpaired) electrons. The van der Waals surface area contributed by atoms with Gasteiger partial charge in [0, 0.05) is 15.8 Å². The van der Waals surface area contributed by atoms with Crippen molar-refractivity contribution in [2.45, 2.75) is 37.9 Å². The highest BCUT2D eigenvalue weighted by Gasteiger charge is 2.22. The van der Waals surface area contributed by atoms with Gasteiger partial charge in [-0.2, -0.15) is 0 Å². The maximum atomic E-state index is 12.9. The molecule has 1 aromatic heterocycles. The molecule has 1 N–H and O–H groups in total. The van der Waals surface area contributed by atoms with Crippen LogP contribution in [-0.4, -0.2) is 26.4 Å². The summed E-state index contributed by atoms with van der Waals surface area (Å²) in [5, 5.41) is 13.0. The van der Waals surface area contributed by atoms with E-state index >= 15 is 0 Å². The maximum absolute atomic E-state index is 12.9. The number of para-hydroxylation sites is 2. The Morgan fingerprint density at radius 3 is 2.50 bits per heavy atom. The van der Waals surface area contributed by atoms with Crippen molar-refractivity contribution in [3.8, 4) is 11.4 Å². The summed E-state index contributed by atoms with van der Waals surface area (Å²) in [6.45, 7) is 6.10. The Labute approximate surface area is 228 Å². The molecule has 4 aromatic rings. The summed E-state index contributed by atoms with van der Waals surface area (Å²) in [4.78, 5) is 12.9. The minimum Gasteiger partial charge on any atom is -0.481 e. The standard InChI is InChI=1S/C27H26BrClN4O2S/c1-17(2)21-15-19(28)13-14-23(21)30-25(34)16-36-27-32-31-26(33(27)20-9-5-4-6-10-20)18(3)35-24-12-8-7-11-22(24)29/h4-15,17-18H,16H2,1-3H3,(H,30,34). The van der Waals surface area contributed by atoms with Crippen LogP contribution in [0.25, 0.3) is 5.69 Å². The molecule has 1 unspecified atom stereocenters. The van der Waals surface area contributed by atoms with Crippen molar-refractivity contribution in [2.75, 3.05) is 11.1 Å². The van der Waals surface area contributed by atoms with Gasteiger partial charge in [-0.3, -0.25) is 9.36 Å². The van der Waals surface area contributed by atoms with Gasteiger partial charge in [0.1, 0.15) is 5.75 Å². The number of rotatable bonds is 9. The van der Waals surface area contributed by atoms with Gasteiger partial charge >= 0.3 is 0 Å². The number of hydrogen-bond donors (Lipinski definition) is 1. The molecule has 0 saturated carbocycles. The quantitative estimate of drug-likeness (QED) is 0.204. The Hall–Kier alpha value is -2.81. The molecule has 1 amide bonds. The van der Waals surface area contributed by atoms with Crippen LogP contribution in [0.2, 0.25) is 5.02 Å². The van der Waals surface area contributed by atoms with Crippen LogP contribution in [0.1, 0.15) is 44.2 Å². The van der Waals surface area contributed by atoms with E-state index in [0.29, 0.717) is 21.8 Å². The first-order valence-corrected chi connectivity index (χ1v) is 13.6. The maximum Gasteiger partial charge on any atom is 0.234 e. The molecular formula is C27H26BrClN4O2S. The zero-order valence-electron chi connectivity index (χ0n) is 20.1. The second kappa shape index (κ2) is 12.0. The van der Waals surface area contributed by atoms with Crippen molar-refractivity contribution in [3.63, 3.8) is 0 Å². The lowest BCUT2D eigenvalue weighted by molar-refractivity contribution is -0.113. The fourth-order valence-electron chi connectivity index (χ4n) is 3.68. The lowest BCUT2D eigenvalue weighted by Gasteiger charge is -2.17. The number of aromatic nitrogens is 3. The van der Waals surface area contributed by atoms with Gasteiger partial charge in [0.05, 0.1) is 10.8 Å². The number of hydrogen-bond acceptors (Lipinski definition) is 5. The van der Waals surface area contributed by atoms with E-state index < -0.39 is 6.10 Å². The fraction of sp³-hybridized carbons (Fsp3) is 0.222. The summed E-state index contributed by atoms with van der Waals surface area (Å²) in [7, 11) is 0. The van der Waals surface area contributed by atoms with Crippen LogP contribution in [0.5, 0.6) is 5.75 Å². The van der Waals surface area contributed by atoms with Gasteiger partial charge in [-0.25, -0.2) is 0 Å². The first-order valence-electron chi connectivity index (χ1n) is 11.5. The number of benzene rings is 3. The zero-order chi connectivity index (χ0) is 25.7. The fourth-order valence-corrected chi connectivity index (χ4v) is 5.00. The van der Waals surface area contributed by atoms with Crippen LogP contribution in [0.4, 0.5) is 5.69 Å². The molecule has 0 spiro atoms. The minimum atomic E-state index is -0.433. The molecule has 186 valence electrons. The van der Waals surface area contributed by atoms with Crippen LogP contribution in [0.15, 0.2) is 82.4 Å². The summed E-state index contributed by atoms with van der Waals surface area (Å²) in [6.07, 6.45) is -0.433. The number of nitrogens with zero attached hydrogens (tertiary/aromatic N) is 3. The van der Waals surface area contributed by atoms with Crippen LogP contribution in [0.3, 0.4) is 0 Å². The summed E-state index contributed by atoms with van der Waals surface area (Å²) in [5.74, 6) is 1.51. The van der Waals surface area contributed by atoms with Crippen molar-refractivity contribution >= 4 is 50.9 Å². The highest BCUT2D eigenvalue weighted by Crippen LogP contribution is 2.32. The lowest BCUT2D eigenvalue weighted by atomic mass is 10.0. The van der Waals surface area contributed by atoms with Gasteiger partial charge < -0.3 is 10.1 Å². The van der Waals surface area contributed by atoms with E-state index in [1.165, 1.54) is 11.8 Å². The molecule has 3 aromatic carbocycles. The molecule has 36 heavy (non-hydrogen) atoms. The first-order chi connectivity index (χ1) is 17.3. The zero-order valence-corrected chi connectivity index (χ0v) is 23.3. The van der Waals surface area contributed by atoms with Gasteiger partial charge in [0.2, 0.25) is 5.91 Å². The normalized spacial score (nSPS) is 11.9.